The number of hydrogen-bond acceptors (Lipinski definition) is 6. The molecule has 190 valence electrons. The molecule has 0 unspecified atom stereocenters. The van der Waals surface area contributed by atoms with Gasteiger partial charge in [-0.05, 0) is 70.2 Å². The van der Waals surface area contributed by atoms with Gasteiger partial charge in [-0.25, -0.2) is 9.18 Å². The first kappa shape index (κ1) is 25.5. The van der Waals surface area contributed by atoms with E-state index in [9.17, 15) is 4.79 Å². The van der Waals surface area contributed by atoms with Gasteiger partial charge in [0.05, 0.1) is 30.2 Å². The van der Waals surface area contributed by atoms with Crippen molar-refractivity contribution < 1.29 is 23.4 Å². The van der Waals surface area contributed by atoms with Gasteiger partial charge in [-0.3, -0.25) is 4.98 Å². The molecule has 0 amide bonds. The van der Waals surface area contributed by atoms with Crippen molar-refractivity contribution in [1.82, 2.24) is 4.98 Å². The summed E-state index contributed by atoms with van der Waals surface area (Å²) in [5, 5.41) is 0. The van der Waals surface area contributed by atoms with Gasteiger partial charge in [0.2, 0.25) is 0 Å². The number of rotatable bonds is 8. The van der Waals surface area contributed by atoms with E-state index in [2.05, 4.69) is 4.98 Å². The SMILES string of the molecule is COc1cc(F)c(N(Cc2cccnc2)c2ccccc2C(=O)OC(C)(C)C)cc1OC1CCCC1. The van der Waals surface area contributed by atoms with Crippen molar-refractivity contribution >= 4 is 17.3 Å². The maximum absolute atomic E-state index is 15.7. The quantitative estimate of drug-likeness (QED) is 0.321. The number of para-hydroxylation sites is 1. The maximum Gasteiger partial charge on any atom is 0.340 e. The zero-order chi connectivity index (χ0) is 25.7. The number of carbonyl (C=O) groups excluding carboxylic acids is 1. The Bertz CT molecular complexity index is 1190. The van der Waals surface area contributed by atoms with Crippen LogP contribution in [0, 0.1) is 5.82 Å². The zero-order valence-corrected chi connectivity index (χ0v) is 21.3. The lowest BCUT2D eigenvalue weighted by Crippen LogP contribution is -2.26. The number of anilines is 2. The average molecular weight is 493 g/mol. The number of nitrogens with zero attached hydrogens (tertiary/aromatic N) is 2. The second-order valence-electron chi connectivity index (χ2n) is 9.95. The maximum atomic E-state index is 15.7. The van der Waals surface area contributed by atoms with Gasteiger partial charge in [0.15, 0.2) is 17.3 Å². The van der Waals surface area contributed by atoms with Gasteiger partial charge in [-0.2, -0.15) is 0 Å². The summed E-state index contributed by atoms with van der Waals surface area (Å²) in [6, 6.07) is 13.8. The van der Waals surface area contributed by atoms with Crippen LogP contribution in [0.2, 0.25) is 0 Å². The van der Waals surface area contributed by atoms with Crippen molar-refractivity contribution in [3.8, 4) is 11.5 Å². The molecule has 0 aliphatic heterocycles. The van der Waals surface area contributed by atoms with Crippen LogP contribution in [0.3, 0.4) is 0 Å². The Kier molecular flexibility index (Phi) is 7.77. The fourth-order valence-electron chi connectivity index (χ4n) is 4.36. The first-order valence-corrected chi connectivity index (χ1v) is 12.3. The molecule has 0 N–H and O–H groups in total. The fraction of sp³-hybridized carbons (Fsp3) is 0.379. The van der Waals surface area contributed by atoms with E-state index in [0.717, 1.165) is 31.2 Å². The molecule has 0 saturated heterocycles. The minimum absolute atomic E-state index is 0.0676. The molecule has 4 rings (SSSR count). The number of benzene rings is 2. The van der Waals surface area contributed by atoms with Crippen molar-refractivity contribution in [1.29, 1.82) is 0 Å². The highest BCUT2D eigenvalue weighted by Gasteiger charge is 2.27. The van der Waals surface area contributed by atoms with E-state index in [-0.39, 0.29) is 18.3 Å². The van der Waals surface area contributed by atoms with Gasteiger partial charge < -0.3 is 19.1 Å². The average Bonchev–Trinajstić information content (AvgIpc) is 3.36. The summed E-state index contributed by atoms with van der Waals surface area (Å²) in [5.41, 5.74) is 1.30. The summed E-state index contributed by atoms with van der Waals surface area (Å²) in [6.07, 6.45) is 7.60. The Morgan fingerprint density at radius 2 is 1.81 bits per heavy atom. The van der Waals surface area contributed by atoms with E-state index in [1.54, 1.807) is 41.6 Å². The van der Waals surface area contributed by atoms with Gasteiger partial charge in [-0.15, -0.1) is 0 Å². The molecule has 0 radical (unpaired) electrons. The van der Waals surface area contributed by atoms with Gasteiger partial charge in [0, 0.05) is 31.1 Å². The number of hydrogen-bond donors (Lipinski definition) is 0. The van der Waals surface area contributed by atoms with Crippen LogP contribution in [0.5, 0.6) is 11.5 Å². The lowest BCUT2D eigenvalue weighted by Gasteiger charge is -2.29. The molecule has 0 bridgehead atoms. The molecule has 1 aliphatic carbocycles. The number of pyridine rings is 1. The molecule has 6 nitrogen and oxygen atoms in total. The predicted molar refractivity (Wildman–Crippen MR) is 138 cm³/mol. The van der Waals surface area contributed by atoms with Crippen molar-refractivity contribution in [2.45, 2.75) is 64.7 Å². The molecule has 7 heteroatoms. The van der Waals surface area contributed by atoms with Crippen LogP contribution in [0.1, 0.15) is 62.4 Å². The molecule has 1 aromatic heterocycles. The second kappa shape index (κ2) is 11.0. The third kappa shape index (κ3) is 6.14. The first-order chi connectivity index (χ1) is 17.2. The normalized spacial score (nSPS) is 13.9. The van der Waals surface area contributed by atoms with Gasteiger partial charge in [0.1, 0.15) is 5.60 Å². The number of aromatic nitrogens is 1. The second-order valence-corrected chi connectivity index (χ2v) is 9.95. The molecule has 36 heavy (non-hydrogen) atoms. The smallest absolute Gasteiger partial charge is 0.340 e. The lowest BCUT2D eigenvalue weighted by molar-refractivity contribution is 0.00703. The summed E-state index contributed by atoms with van der Waals surface area (Å²) in [4.78, 5) is 19.1. The molecule has 0 atom stereocenters. The molecule has 1 aliphatic rings. The highest BCUT2D eigenvalue weighted by Crippen LogP contribution is 2.40. The lowest BCUT2D eigenvalue weighted by atomic mass is 10.1. The van der Waals surface area contributed by atoms with E-state index in [1.165, 1.54) is 13.2 Å². The molecular formula is C29H33FN2O4. The minimum atomic E-state index is -0.675. The Morgan fingerprint density at radius 3 is 2.47 bits per heavy atom. The molecule has 2 aromatic carbocycles. The van der Waals surface area contributed by atoms with Crippen molar-refractivity contribution in [2.24, 2.45) is 0 Å². The topological polar surface area (TPSA) is 60.9 Å². The van der Waals surface area contributed by atoms with Crippen LogP contribution >= 0.6 is 0 Å². The number of ether oxygens (including phenoxy) is 3. The van der Waals surface area contributed by atoms with E-state index < -0.39 is 17.4 Å². The zero-order valence-electron chi connectivity index (χ0n) is 21.3. The summed E-state index contributed by atoms with van der Waals surface area (Å²) < 4.78 is 33.0. The highest BCUT2D eigenvalue weighted by molar-refractivity contribution is 5.97. The summed E-state index contributed by atoms with van der Waals surface area (Å²) in [7, 11) is 1.50. The van der Waals surface area contributed by atoms with E-state index >= 15 is 4.39 Å². The van der Waals surface area contributed by atoms with Gasteiger partial charge in [-0.1, -0.05) is 18.2 Å². The van der Waals surface area contributed by atoms with Crippen LogP contribution in [0.4, 0.5) is 15.8 Å². The largest absolute Gasteiger partial charge is 0.493 e. The Labute approximate surface area is 212 Å². The predicted octanol–water partition coefficient (Wildman–Crippen LogP) is 6.84. The molecule has 1 saturated carbocycles. The van der Waals surface area contributed by atoms with Crippen LogP contribution in [-0.4, -0.2) is 29.8 Å². The van der Waals surface area contributed by atoms with Crippen molar-refractivity contribution in [3.05, 3.63) is 77.9 Å². The van der Waals surface area contributed by atoms with Gasteiger partial charge in [0.25, 0.3) is 0 Å². The number of esters is 1. The first-order valence-electron chi connectivity index (χ1n) is 12.3. The van der Waals surface area contributed by atoms with Crippen LogP contribution in [-0.2, 0) is 11.3 Å². The monoisotopic (exact) mass is 492 g/mol. The molecular weight excluding hydrogens is 459 g/mol. The summed E-state index contributed by atoms with van der Waals surface area (Å²) >= 11 is 0. The van der Waals surface area contributed by atoms with Gasteiger partial charge >= 0.3 is 5.97 Å². The molecule has 1 heterocycles. The van der Waals surface area contributed by atoms with Crippen LogP contribution in [0.25, 0.3) is 0 Å². The van der Waals surface area contributed by atoms with Crippen molar-refractivity contribution in [2.75, 3.05) is 12.0 Å². The molecule has 0 spiro atoms. The van der Waals surface area contributed by atoms with Crippen molar-refractivity contribution in [3.63, 3.8) is 0 Å². The number of methoxy groups -OCH3 is 1. The van der Waals surface area contributed by atoms with E-state index in [1.807, 2.05) is 39.0 Å². The van der Waals surface area contributed by atoms with E-state index in [0.29, 0.717) is 22.7 Å². The Balaban J connectivity index is 1.82. The third-order valence-electron chi connectivity index (χ3n) is 6.00. The highest BCUT2D eigenvalue weighted by atomic mass is 19.1. The minimum Gasteiger partial charge on any atom is -0.493 e. The Morgan fingerprint density at radius 1 is 1.06 bits per heavy atom. The number of halogens is 1. The standard InChI is InChI=1S/C29H33FN2O4/c1-29(2,3)36-28(33)22-13-7-8-14-24(22)32(19-20-10-9-15-31-18-20)25-17-27(26(34-4)16-23(25)30)35-21-11-5-6-12-21/h7-10,13-18,21H,5-6,11-12,19H2,1-4H3. The summed E-state index contributed by atoms with van der Waals surface area (Å²) in [6.45, 7) is 5.73. The van der Waals surface area contributed by atoms with Crippen LogP contribution < -0.4 is 14.4 Å². The van der Waals surface area contributed by atoms with Crippen LogP contribution in [0.15, 0.2) is 60.9 Å². The third-order valence-corrected chi connectivity index (χ3v) is 6.00. The Hall–Kier alpha value is -3.61. The molecule has 3 aromatic rings. The number of carbonyl (C=O) groups is 1. The molecule has 1 fully saturated rings. The summed E-state index contributed by atoms with van der Waals surface area (Å²) in [5.74, 6) is -0.157. The van der Waals surface area contributed by atoms with E-state index in [4.69, 9.17) is 14.2 Å². The fourth-order valence-corrected chi connectivity index (χ4v) is 4.36.